The highest BCUT2D eigenvalue weighted by Crippen LogP contribution is 2.24. The molecule has 0 bridgehead atoms. The third-order valence-electron chi connectivity index (χ3n) is 3.61. The summed E-state index contributed by atoms with van der Waals surface area (Å²) in [6, 6.07) is 0. The van der Waals surface area contributed by atoms with Crippen LogP contribution in [-0.4, -0.2) is 19.0 Å². The average molecular weight is 242 g/mol. The van der Waals surface area contributed by atoms with Crippen molar-refractivity contribution < 1.29 is 4.79 Å². The molecule has 0 rings (SSSR count). The van der Waals surface area contributed by atoms with Gasteiger partial charge in [-0.05, 0) is 36.6 Å². The third kappa shape index (κ3) is 8.19. The van der Waals surface area contributed by atoms with E-state index in [2.05, 4.69) is 39.9 Å². The van der Waals surface area contributed by atoms with Crippen LogP contribution in [0.5, 0.6) is 0 Å². The Morgan fingerprint density at radius 3 is 2.29 bits per heavy atom. The molecule has 0 aliphatic rings. The number of nitrogens with one attached hydrogen (secondary N) is 1. The van der Waals surface area contributed by atoms with Crippen LogP contribution in [-0.2, 0) is 4.79 Å². The molecule has 0 radical (unpaired) electrons. The highest BCUT2D eigenvalue weighted by atomic mass is 16.1. The SMILES string of the molecule is CC(CCN)CCC(=O)NCC(C)C(C)(C)C. The molecular weight excluding hydrogens is 212 g/mol. The van der Waals surface area contributed by atoms with Crippen molar-refractivity contribution in [3.05, 3.63) is 0 Å². The molecule has 0 fully saturated rings. The van der Waals surface area contributed by atoms with Crippen molar-refractivity contribution in [2.24, 2.45) is 23.0 Å². The van der Waals surface area contributed by atoms with E-state index in [4.69, 9.17) is 5.73 Å². The van der Waals surface area contributed by atoms with Crippen LogP contribution in [0.15, 0.2) is 0 Å². The van der Waals surface area contributed by atoms with Crippen LogP contribution < -0.4 is 11.1 Å². The van der Waals surface area contributed by atoms with Gasteiger partial charge in [0.2, 0.25) is 5.91 Å². The first-order valence-corrected chi connectivity index (χ1v) is 6.74. The maximum absolute atomic E-state index is 11.6. The summed E-state index contributed by atoms with van der Waals surface area (Å²) in [7, 11) is 0. The van der Waals surface area contributed by atoms with Crippen LogP contribution >= 0.6 is 0 Å². The smallest absolute Gasteiger partial charge is 0.220 e. The van der Waals surface area contributed by atoms with Crippen molar-refractivity contribution in [2.75, 3.05) is 13.1 Å². The Bertz CT molecular complexity index is 221. The molecule has 0 aromatic carbocycles. The lowest BCUT2D eigenvalue weighted by Crippen LogP contribution is -2.33. The molecule has 2 atom stereocenters. The number of nitrogens with two attached hydrogens (primary N) is 1. The Hall–Kier alpha value is -0.570. The van der Waals surface area contributed by atoms with Crippen molar-refractivity contribution in [1.82, 2.24) is 5.32 Å². The molecule has 0 saturated heterocycles. The van der Waals surface area contributed by atoms with E-state index >= 15 is 0 Å². The van der Waals surface area contributed by atoms with Crippen LogP contribution in [0, 0.1) is 17.3 Å². The fourth-order valence-electron chi connectivity index (χ4n) is 1.47. The lowest BCUT2D eigenvalue weighted by atomic mass is 9.82. The minimum atomic E-state index is 0.171. The van der Waals surface area contributed by atoms with Crippen LogP contribution in [0.25, 0.3) is 0 Å². The van der Waals surface area contributed by atoms with Crippen LogP contribution in [0.4, 0.5) is 0 Å². The summed E-state index contributed by atoms with van der Waals surface area (Å²) in [5.74, 6) is 1.21. The second-order valence-corrected chi connectivity index (χ2v) is 6.29. The second-order valence-electron chi connectivity index (χ2n) is 6.29. The molecule has 0 heterocycles. The molecule has 102 valence electrons. The zero-order chi connectivity index (χ0) is 13.5. The molecule has 0 aliphatic carbocycles. The van der Waals surface area contributed by atoms with Gasteiger partial charge >= 0.3 is 0 Å². The third-order valence-corrected chi connectivity index (χ3v) is 3.61. The zero-order valence-corrected chi connectivity index (χ0v) is 12.2. The van der Waals surface area contributed by atoms with E-state index in [1.807, 2.05) is 0 Å². The van der Waals surface area contributed by atoms with Gasteiger partial charge < -0.3 is 11.1 Å². The Kier molecular flexibility index (Phi) is 7.44. The summed E-state index contributed by atoms with van der Waals surface area (Å²) in [6.45, 7) is 12.4. The number of hydrogen-bond acceptors (Lipinski definition) is 2. The van der Waals surface area contributed by atoms with Gasteiger partial charge in [-0.1, -0.05) is 34.6 Å². The van der Waals surface area contributed by atoms with Gasteiger partial charge in [-0.2, -0.15) is 0 Å². The molecule has 0 spiro atoms. The first kappa shape index (κ1) is 16.4. The molecule has 1 amide bonds. The fraction of sp³-hybridized carbons (Fsp3) is 0.929. The van der Waals surface area contributed by atoms with E-state index in [1.165, 1.54) is 0 Å². The number of carbonyl (C=O) groups excluding carboxylic acids is 1. The van der Waals surface area contributed by atoms with Crippen molar-refractivity contribution in [2.45, 2.75) is 53.9 Å². The Labute approximate surface area is 107 Å². The quantitative estimate of drug-likeness (QED) is 0.721. The lowest BCUT2D eigenvalue weighted by molar-refractivity contribution is -0.121. The zero-order valence-electron chi connectivity index (χ0n) is 12.2. The molecule has 3 nitrogen and oxygen atoms in total. The molecule has 0 aromatic rings. The second kappa shape index (κ2) is 7.70. The molecule has 0 aromatic heterocycles. The van der Waals surface area contributed by atoms with Gasteiger partial charge in [-0.25, -0.2) is 0 Å². The summed E-state index contributed by atoms with van der Waals surface area (Å²) < 4.78 is 0. The molecule has 17 heavy (non-hydrogen) atoms. The molecule has 3 N–H and O–H groups in total. The Morgan fingerprint density at radius 2 is 1.82 bits per heavy atom. The van der Waals surface area contributed by atoms with Gasteiger partial charge in [0, 0.05) is 13.0 Å². The molecule has 3 heteroatoms. The van der Waals surface area contributed by atoms with Crippen molar-refractivity contribution in [1.29, 1.82) is 0 Å². The predicted octanol–water partition coefficient (Wildman–Crippen LogP) is 2.55. The van der Waals surface area contributed by atoms with Crippen LogP contribution in [0.1, 0.15) is 53.9 Å². The van der Waals surface area contributed by atoms with Gasteiger partial charge in [0.05, 0.1) is 0 Å². The predicted molar refractivity (Wildman–Crippen MR) is 73.7 cm³/mol. The summed E-state index contributed by atoms with van der Waals surface area (Å²) in [4.78, 5) is 11.6. The van der Waals surface area contributed by atoms with Crippen molar-refractivity contribution in [3.63, 3.8) is 0 Å². The van der Waals surface area contributed by atoms with Gasteiger partial charge in [0.1, 0.15) is 0 Å². The Morgan fingerprint density at radius 1 is 1.24 bits per heavy atom. The fourth-order valence-corrected chi connectivity index (χ4v) is 1.47. The maximum Gasteiger partial charge on any atom is 0.220 e. The summed E-state index contributed by atoms with van der Waals surface area (Å²) in [5, 5.41) is 3.02. The van der Waals surface area contributed by atoms with E-state index in [-0.39, 0.29) is 11.3 Å². The van der Waals surface area contributed by atoms with E-state index in [9.17, 15) is 4.79 Å². The maximum atomic E-state index is 11.6. The van der Waals surface area contributed by atoms with Gasteiger partial charge in [0.15, 0.2) is 0 Å². The standard InChI is InChI=1S/C14H30N2O/c1-11(8-9-15)6-7-13(17)16-10-12(2)14(3,4)5/h11-12H,6-10,15H2,1-5H3,(H,16,17). The largest absolute Gasteiger partial charge is 0.356 e. The van der Waals surface area contributed by atoms with Crippen LogP contribution in [0.3, 0.4) is 0 Å². The lowest BCUT2D eigenvalue weighted by Gasteiger charge is -2.27. The van der Waals surface area contributed by atoms with Crippen molar-refractivity contribution >= 4 is 5.91 Å². The average Bonchev–Trinajstić information content (AvgIpc) is 2.22. The van der Waals surface area contributed by atoms with Gasteiger partial charge in [-0.15, -0.1) is 0 Å². The summed E-state index contributed by atoms with van der Waals surface area (Å²) in [6.07, 6.45) is 2.57. The van der Waals surface area contributed by atoms with Gasteiger partial charge in [0.25, 0.3) is 0 Å². The molecule has 2 unspecified atom stereocenters. The minimum Gasteiger partial charge on any atom is -0.356 e. The van der Waals surface area contributed by atoms with E-state index in [1.54, 1.807) is 0 Å². The van der Waals surface area contributed by atoms with E-state index in [0.29, 0.717) is 24.8 Å². The first-order valence-electron chi connectivity index (χ1n) is 6.74. The normalized spacial score (nSPS) is 15.4. The minimum absolute atomic E-state index is 0.171. The van der Waals surface area contributed by atoms with E-state index in [0.717, 1.165) is 19.4 Å². The topological polar surface area (TPSA) is 55.1 Å². The number of hydrogen-bond donors (Lipinski definition) is 2. The van der Waals surface area contributed by atoms with Gasteiger partial charge in [-0.3, -0.25) is 4.79 Å². The summed E-state index contributed by atoms with van der Waals surface area (Å²) in [5.41, 5.74) is 5.73. The Balaban J connectivity index is 3.74. The number of carbonyl (C=O) groups is 1. The summed E-state index contributed by atoms with van der Waals surface area (Å²) >= 11 is 0. The highest BCUT2D eigenvalue weighted by Gasteiger charge is 2.20. The van der Waals surface area contributed by atoms with E-state index < -0.39 is 0 Å². The number of rotatable bonds is 7. The monoisotopic (exact) mass is 242 g/mol. The van der Waals surface area contributed by atoms with Crippen LogP contribution in [0.2, 0.25) is 0 Å². The van der Waals surface area contributed by atoms with Crippen molar-refractivity contribution in [3.8, 4) is 0 Å². The first-order chi connectivity index (χ1) is 7.77. The highest BCUT2D eigenvalue weighted by molar-refractivity contribution is 5.75. The molecule has 0 aliphatic heterocycles. The molecule has 0 saturated carbocycles. The molecular formula is C14H30N2O. The number of amides is 1.